The van der Waals surface area contributed by atoms with Gasteiger partial charge in [0.1, 0.15) is 0 Å². The first-order valence-electron chi connectivity index (χ1n) is 10.4. The molecule has 2 aromatic carbocycles. The summed E-state index contributed by atoms with van der Waals surface area (Å²) >= 11 is 0. The lowest BCUT2D eigenvalue weighted by Crippen LogP contribution is -2.30. The highest BCUT2D eigenvalue weighted by atomic mass is 16.4. The van der Waals surface area contributed by atoms with E-state index >= 15 is 0 Å². The van der Waals surface area contributed by atoms with Crippen LogP contribution in [-0.2, 0) is 12.8 Å². The number of oxime groups is 1. The van der Waals surface area contributed by atoms with Gasteiger partial charge >= 0.3 is 0 Å². The van der Waals surface area contributed by atoms with Crippen LogP contribution in [0, 0.1) is 0 Å². The maximum Gasteiger partial charge on any atom is 0.0867 e. The highest BCUT2D eigenvalue weighted by Gasteiger charge is 2.10. The van der Waals surface area contributed by atoms with Crippen LogP contribution in [0.1, 0.15) is 55.2 Å². The van der Waals surface area contributed by atoms with Crippen LogP contribution < -0.4 is 0 Å². The maximum atomic E-state index is 9.35. The lowest BCUT2D eigenvalue weighted by molar-refractivity contribution is 0.226. The zero-order chi connectivity index (χ0) is 18.7. The molecule has 3 heteroatoms. The first-order chi connectivity index (χ1) is 13.4. The van der Waals surface area contributed by atoms with Crippen molar-refractivity contribution in [2.45, 2.75) is 51.4 Å². The molecule has 1 saturated heterocycles. The minimum Gasteiger partial charge on any atom is -0.411 e. The lowest BCUT2D eigenvalue weighted by Gasteiger charge is -2.26. The molecule has 3 nitrogen and oxygen atoms in total. The Morgan fingerprint density at radius 1 is 0.815 bits per heavy atom. The van der Waals surface area contributed by atoms with Crippen molar-refractivity contribution < 1.29 is 5.21 Å². The van der Waals surface area contributed by atoms with E-state index in [1.807, 2.05) is 30.3 Å². The second kappa shape index (κ2) is 10.9. The van der Waals surface area contributed by atoms with Gasteiger partial charge in [-0.1, -0.05) is 66.2 Å². The van der Waals surface area contributed by atoms with Crippen molar-refractivity contribution in [1.29, 1.82) is 0 Å². The summed E-state index contributed by atoms with van der Waals surface area (Å²) in [6, 6.07) is 18.8. The van der Waals surface area contributed by atoms with Crippen molar-refractivity contribution in [2.75, 3.05) is 19.6 Å². The average molecular weight is 365 g/mol. The number of hydrogen-bond acceptors (Lipinski definition) is 3. The van der Waals surface area contributed by atoms with Crippen molar-refractivity contribution in [2.24, 2.45) is 5.16 Å². The van der Waals surface area contributed by atoms with E-state index in [1.54, 1.807) is 0 Å². The summed E-state index contributed by atoms with van der Waals surface area (Å²) < 4.78 is 0. The Hall–Kier alpha value is -2.13. The highest BCUT2D eigenvalue weighted by molar-refractivity contribution is 6.00. The molecule has 0 spiro atoms. The van der Waals surface area contributed by atoms with Crippen molar-refractivity contribution in [3.05, 3.63) is 71.3 Å². The van der Waals surface area contributed by atoms with E-state index in [0.29, 0.717) is 0 Å². The topological polar surface area (TPSA) is 35.8 Å². The van der Waals surface area contributed by atoms with Crippen molar-refractivity contribution >= 4 is 5.71 Å². The third-order valence-electron chi connectivity index (χ3n) is 5.57. The van der Waals surface area contributed by atoms with Crippen molar-refractivity contribution in [1.82, 2.24) is 4.90 Å². The smallest absolute Gasteiger partial charge is 0.0867 e. The number of nitrogens with zero attached hydrogens (tertiary/aromatic N) is 2. The van der Waals surface area contributed by atoms with Crippen molar-refractivity contribution in [3.63, 3.8) is 0 Å². The van der Waals surface area contributed by atoms with Crippen LogP contribution in [0.2, 0.25) is 0 Å². The monoisotopic (exact) mass is 364 g/mol. The molecule has 1 aliphatic rings. The molecule has 1 heterocycles. The number of benzene rings is 2. The van der Waals surface area contributed by atoms with E-state index in [4.69, 9.17) is 0 Å². The van der Waals surface area contributed by atoms with Gasteiger partial charge in [-0.15, -0.1) is 0 Å². The second-order valence-electron chi connectivity index (χ2n) is 7.54. The zero-order valence-electron chi connectivity index (χ0n) is 16.3. The van der Waals surface area contributed by atoms with Crippen molar-refractivity contribution in [3.8, 4) is 0 Å². The van der Waals surface area contributed by atoms with Crippen LogP contribution in [0.5, 0.6) is 0 Å². The fourth-order valence-electron chi connectivity index (χ4n) is 4.05. The molecule has 0 aliphatic carbocycles. The Labute approximate surface area is 163 Å². The molecule has 0 bridgehead atoms. The molecule has 3 rings (SSSR count). The minimum atomic E-state index is 0.776. The molecule has 0 saturated carbocycles. The Bertz CT molecular complexity index is 705. The number of likely N-dealkylation sites (tertiary alicyclic amines) is 1. The molecule has 0 aromatic heterocycles. The standard InChI is InChI=1S/C24H32N2O/c27-25-24(23-13-3-1-4-14-23)17-9-15-21-11-5-6-12-22(21)16-10-20-26-18-7-2-8-19-26/h1,3-6,11-14,27H,2,7-10,15-20H2. The molecule has 1 aliphatic heterocycles. The van der Waals surface area contributed by atoms with E-state index in [0.717, 1.165) is 37.0 Å². The number of piperidine rings is 1. The second-order valence-corrected chi connectivity index (χ2v) is 7.54. The van der Waals surface area contributed by atoms with Gasteiger partial charge in [-0.2, -0.15) is 0 Å². The molecular weight excluding hydrogens is 332 g/mol. The van der Waals surface area contributed by atoms with Gasteiger partial charge in [0.2, 0.25) is 0 Å². The number of aryl methyl sites for hydroxylation is 2. The Balaban J connectivity index is 1.48. The summed E-state index contributed by atoms with van der Waals surface area (Å²) in [5.74, 6) is 0. The Kier molecular flexibility index (Phi) is 7.91. The quantitative estimate of drug-likeness (QED) is 0.372. The Morgan fingerprint density at radius 2 is 1.44 bits per heavy atom. The highest BCUT2D eigenvalue weighted by Crippen LogP contribution is 2.17. The van der Waals surface area contributed by atoms with Crippen LogP contribution in [0.25, 0.3) is 0 Å². The van der Waals surface area contributed by atoms with Gasteiger partial charge in [-0.05, 0) is 81.3 Å². The minimum absolute atomic E-state index is 0.776. The summed E-state index contributed by atoms with van der Waals surface area (Å²) in [4.78, 5) is 2.62. The predicted octanol–water partition coefficient (Wildman–Crippen LogP) is 5.31. The van der Waals surface area contributed by atoms with Gasteiger partial charge in [0.25, 0.3) is 0 Å². The SMILES string of the molecule is ON=C(CCCc1ccccc1CCCN1CCCCC1)c1ccccc1. The third-order valence-corrected chi connectivity index (χ3v) is 5.57. The molecule has 144 valence electrons. The molecule has 0 amide bonds. The average Bonchev–Trinajstić information content (AvgIpc) is 2.74. The molecular formula is C24H32N2O. The van der Waals surface area contributed by atoms with E-state index in [2.05, 4.69) is 34.3 Å². The normalized spacial score (nSPS) is 15.8. The molecule has 0 atom stereocenters. The van der Waals surface area contributed by atoms with Gasteiger partial charge in [0, 0.05) is 0 Å². The summed E-state index contributed by atoms with van der Waals surface area (Å²) in [5, 5.41) is 12.9. The van der Waals surface area contributed by atoms with E-state index in [1.165, 1.54) is 56.4 Å². The third kappa shape index (κ3) is 6.21. The first kappa shape index (κ1) is 19.6. The number of rotatable bonds is 9. The first-order valence-corrected chi connectivity index (χ1v) is 10.4. The molecule has 0 radical (unpaired) electrons. The maximum absolute atomic E-state index is 9.35. The zero-order valence-corrected chi connectivity index (χ0v) is 16.3. The van der Waals surface area contributed by atoms with Crippen LogP contribution in [0.3, 0.4) is 0 Å². The van der Waals surface area contributed by atoms with Gasteiger partial charge in [0.05, 0.1) is 5.71 Å². The van der Waals surface area contributed by atoms with Gasteiger partial charge in [-0.3, -0.25) is 0 Å². The lowest BCUT2D eigenvalue weighted by atomic mass is 9.96. The molecule has 1 N–H and O–H groups in total. The largest absolute Gasteiger partial charge is 0.411 e. The summed E-state index contributed by atoms with van der Waals surface area (Å²) in [5.41, 5.74) is 4.71. The molecule has 1 fully saturated rings. The van der Waals surface area contributed by atoms with Gasteiger partial charge < -0.3 is 10.1 Å². The van der Waals surface area contributed by atoms with E-state index in [-0.39, 0.29) is 0 Å². The van der Waals surface area contributed by atoms with Gasteiger partial charge in [-0.25, -0.2) is 0 Å². The van der Waals surface area contributed by atoms with E-state index < -0.39 is 0 Å². The fraction of sp³-hybridized carbons (Fsp3) is 0.458. The van der Waals surface area contributed by atoms with E-state index in [9.17, 15) is 5.21 Å². The van der Waals surface area contributed by atoms with Crippen LogP contribution in [0.4, 0.5) is 0 Å². The number of hydrogen-bond donors (Lipinski definition) is 1. The van der Waals surface area contributed by atoms with Crippen LogP contribution in [-0.4, -0.2) is 35.5 Å². The van der Waals surface area contributed by atoms with Crippen LogP contribution in [0.15, 0.2) is 59.8 Å². The molecule has 27 heavy (non-hydrogen) atoms. The van der Waals surface area contributed by atoms with Crippen LogP contribution >= 0.6 is 0 Å². The summed E-state index contributed by atoms with van der Waals surface area (Å²) in [6.45, 7) is 3.79. The summed E-state index contributed by atoms with van der Waals surface area (Å²) in [7, 11) is 0. The molecule has 2 aromatic rings. The summed E-state index contributed by atoms with van der Waals surface area (Å²) in [6.07, 6.45) is 9.36. The Morgan fingerprint density at radius 3 is 2.11 bits per heavy atom. The fourth-order valence-corrected chi connectivity index (χ4v) is 4.05. The molecule has 0 unspecified atom stereocenters. The van der Waals surface area contributed by atoms with Gasteiger partial charge in [0.15, 0.2) is 0 Å². The predicted molar refractivity (Wildman–Crippen MR) is 113 cm³/mol.